The van der Waals surface area contributed by atoms with Gasteiger partial charge in [-0.25, -0.2) is 0 Å². The molecule has 0 aliphatic heterocycles. The molecule has 0 saturated heterocycles. The van der Waals surface area contributed by atoms with Crippen LogP contribution in [-0.2, 0) is 0 Å². The molecule has 0 aromatic heterocycles. The SMILES string of the molecule is CCCCCCCCC(CI)C(C)(C)C. The first-order chi connectivity index (χ1) is 7.02. The fourth-order valence-electron chi connectivity index (χ4n) is 1.91. The van der Waals surface area contributed by atoms with Crippen LogP contribution in [0.3, 0.4) is 0 Å². The van der Waals surface area contributed by atoms with Gasteiger partial charge in [0.1, 0.15) is 0 Å². The van der Waals surface area contributed by atoms with Gasteiger partial charge in [0.25, 0.3) is 0 Å². The Morgan fingerprint density at radius 2 is 1.47 bits per heavy atom. The Morgan fingerprint density at radius 3 is 1.93 bits per heavy atom. The number of unbranched alkanes of at least 4 members (excludes halogenated alkanes) is 5. The van der Waals surface area contributed by atoms with Gasteiger partial charge in [-0.3, -0.25) is 0 Å². The third kappa shape index (κ3) is 8.53. The van der Waals surface area contributed by atoms with Crippen molar-refractivity contribution in [2.45, 2.75) is 72.6 Å². The van der Waals surface area contributed by atoms with Crippen LogP contribution in [0.15, 0.2) is 0 Å². The summed E-state index contributed by atoms with van der Waals surface area (Å²) >= 11 is 2.55. The Hall–Kier alpha value is 0.730. The van der Waals surface area contributed by atoms with E-state index in [9.17, 15) is 0 Å². The lowest BCUT2D eigenvalue weighted by Gasteiger charge is -2.29. The van der Waals surface area contributed by atoms with E-state index in [1.165, 1.54) is 49.4 Å². The smallest absolute Gasteiger partial charge is 0.00286 e. The summed E-state index contributed by atoms with van der Waals surface area (Å²) < 4.78 is 1.32. The zero-order chi connectivity index (χ0) is 11.7. The third-order valence-corrected chi connectivity index (χ3v) is 4.38. The summed E-state index contributed by atoms with van der Waals surface area (Å²) in [6.45, 7) is 9.43. The van der Waals surface area contributed by atoms with Gasteiger partial charge in [-0.15, -0.1) is 0 Å². The van der Waals surface area contributed by atoms with Gasteiger partial charge < -0.3 is 0 Å². The molecule has 0 spiro atoms. The monoisotopic (exact) mass is 324 g/mol. The van der Waals surface area contributed by atoms with Gasteiger partial charge in [-0.2, -0.15) is 0 Å². The summed E-state index contributed by atoms with van der Waals surface area (Å²) in [7, 11) is 0. The van der Waals surface area contributed by atoms with Crippen molar-refractivity contribution in [3.63, 3.8) is 0 Å². The molecule has 1 heteroatoms. The Kier molecular flexibility index (Phi) is 9.26. The number of alkyl halides is 1. The molecule has 0 aliphatic carbocycles. The Balaban J connectivity index is 3.48. The maximum Gasteiger partial charge on any atom is 0.00286 e. The van der Waals surface area contributed by atoms with Crippen molar-refractivity contribution in [3.8, 4) is 0 Å². The van der Waals surface area contributed by atoms with Crippen LogP contribution in [0.2, 0.25) is 0 Å². The van der Waals surface area contributed by atoms with Crippen LogP contribution in [0.1, 0.15) is 72.6 Å². The second-order valence-electron chi connectivity index (χ2n) is 5.77. The van der Waals surface area contributed by atoms with E-state index in [0.717, 1.165) is 5.92 Å². The fraction of sp³-hybridized carbons (Fsp3) is 1.00. The van der Waals surface area contributed by atoms with Crippen LogP contribution in [0.4, 0.5) is 0 Å². The van der Waals surface area contributed by atoms with Crippen molar-refractivity contribution in [2.75, 3.05) is 4.43 Å². The molecule has 0 amide bonds. The summed E-state index contributed by atoms with van der Waals surface area (Å²) in [6.07, 6.45) is 10.00. The van der Waals surface area contributed by atoms with E-state index in [-0.39, 0.29) is 0 Å². The van der Waals surface area contributed by atoms with E-state index in [4.69, 9.17) is 0 Å². The molecule has 1 atom stereocenters. The van der Waals surface area contributed by atoms with Crippen molar-refractivity contribution >= 4 is 22.6 Å². The summed E-state index contributed by atoms with van der Waals surface area (Å²) in [4.78, 5) is 0. The minimum atomic E-state index is 0.505. The van der Waals surface area contributed by atoms with Crippen molar-refractivity contribution < 1.29 is 0 Å². The number of hydrogen-bond acceptors (Lipinski definition) is 0. The van der Waals surface area contributed by atoms with Crippen LogP contribution in [-0.4, -0.2) is 4.43 Å². The topological polar surface area (TPSA) is 0 Å². The van der Waals surface area contributed by atoms with Gasteiger partial charge in [0.2, 0.25) is 0 Å². The predicted molar refractivity (Wildman–Crippen MR) is 79.8 cm³/mol. The number of rotatable bonds is 8. The average Bonchev–Trinajstić information content (AvgIpc) is 2.15. The quantitative estimate of drug-likeness (QED) is 0.299. The molecule has 0 bridgehead atoms. The normalized spacial score (nSPS) is 14.2. The van der Waals surface area contributed by atoms with Crippen molar-refractivity contribution in [2.24, 2.45) is 11.3 Å². The Labute approximate surface area is 111 Å². The highest BCUT2D eigenvalue weighted by Crippen LogP contribution is 2.31. The van der Waals surface area contributed by atoms with Crippen LogP contribution in [0.25, 0.3) is 0 Å². The maximum absolute atomic E-state index is 2.55. The summed E-state index contributed by atoms with van der Waals surface area (Å²) in [5.74, 6) is 0.907. The second kappa shape index (κ2) is 8.83. The first kappa shape index (κ1) is 15.7. The predicted octanol–water partition coefficient (Wildman–Crippen LogP) is 5.83. The highest BCUT2D eigenvalue weighted by molar-refractivity contribution is 14.1. The third-order valence-electron chi connectivity index (χ3n) is 3.32. The molecule has 1 unspecified atom stereocenters. The first-order valence-corrected chi connectivity index (χ1v) is 8.11. The molecule has 0 rings (SSSR count). The molecule has 15 heavy (non-hydrogen) atoms. The summed E-state index contributed by atoms with van der Waals surface area (Å²) in [5, 5.41) is 0. The minimum Gasteiger partial charge on any atom is -0.0861 e. The van der Waals surface area contributed by atoms with E-state index in [0.29, 0.717) is 5.41 Å². The Bertz CT molecular complexity index is 135. The number of hydrogen-bond donors (Lipinski definition) is 0. The molecule has 0 fully saturated rings. The van der Waals surface area contributed by atoms with Gasteiger partial charge in [-0.1, -0.05) is 88.8 Å². The van der Waals surface area contributed by atoms with Crippen LogP contribution < -0.4 is 0 Å². The molecular weight excluding hydrogens is 295 g/mol. The van der Waals surface area contributed by atoms with Gasteiger partial charge in [0, 0.05) is 4.43 Å². The van der Waals surface area contributed by atoms with E-state index in [2.05, 4.69) is 50.3 Å². The van der Waals surface area contributed by atoms with E-state index in [1.54, 1.807) is 0 Å². The number of halogens is 1. The zero-order valence-electron chi connectivity index (χ0n) is 11.1. The average molecular weight is 324 g/mol. The highest BCUT2D eigenvalue weighted by Gasteiger charge is 2.22. The Morgan fingerprint density at radius 1 is 0.933 bits per heavy atom. The molecule has 0 saturated carbocycles. The van der Waals surface area contributed by atoms with Crippen molar-refractivity contribution in [1.29, 1.82) is 0 Å². The van der Waals surface area contributed by atoms with Crippen LogP contribution in [0.5, 0.6) is 0 Å². The lowest BCUT2D eigenvalue weighted by atomic mass is 9.79. The van der Waals surface area contributed by atoms with Crippen LogP contribution in [0, 0.1) is 11.3 Å². The maximum atomic E-state index is 2.55. The van der Waals surface area contributed by atoms with Gasteiger partial charge in [0.05, 0.1) is 0 Å². The van der Waals surface area contributed by atoms with Gasteiger partial charge >= 0.3 is 0 Å². The fourth-order valence-corrected chi connectivity index (χ4v) is 3.67. The summed E-state index contributed by atoms with van der Waals surface area (Å²) in [6, 6.07) is 0. The molecule has 0 aromatic carbocycles. The summed E-state index contributed by atoms with van der Waals surface area (Å²) in [5.41, 5.74) is 0.505. The highest BCUT2D eigenvalue weighted by atomic mass is 127. The van der Waals surface area contributed by atoms with Gasteiger partial charge in [0.15, 0.2) is 0 Å². The van der Waals surface area contributed by atoms with Gasteiger partial charge in [-0.05, 0) is 17.8 Å². The van der Waals surface area contributed by atoms with E-state index < -0.39 is 0 Å². The van der Waals surface area contributed by atoms with E-state index in [1.807, 2.05) is 0 Å². The molecule has 0 radical (unpaired) electrons. The minimum absolute atomic E-state index is 0.505. The van der Waals surface area contributed by atoms with Crippen molar-refractivity contribution in [1.82, 2.24) is 0 Å². The molecule has 0 nitrogen and oxygen atoms in total. The van der Waals surface area contributed by atoms with Crippen molar-refractivity contribution in [3.05, 3.63) is 0 Å². The van der Waals surface area contributed by atoms with Crippen LogP contribution >= 0.6 is 22.6 Å². The molecule has 0 heterocycles. The molecule has 92 valence electrons. The lowest BCUT2D eigenvalue weighted by Crippen LogP contribution is -2.21. The largest absolute Gasteiger partial charge is 0.0861 e. The van der Waals surface area contributed by atoms with E-state index >= 15 is 0 Å². The second-order valence-corrected chi connectivity index (χ2v) is 6.65. The first-order valence-electron chi connectivity index (χ1n) is 6.58. The molecule has 0 aromatic rings. The lowest BCUT2D eigenvalue weighted by molar-refractivity contribution is 0.249. The molecule has 0 aliphatic rings. The molecular formula is C14H29I. The standard InChI is InChI=1S/C14H29I/c1-5-6-7-8-9-10-11-13(12-15)14(2,3)4/h13H,5-12H2,1-4H3. The zero-order valence-corrected chi connectivity index (χ0v) is 13.3. The molecule has 0 N–H and O–H groups in total.